The van der Waals surface area contributed by atoms with Crippen LogP contribution in [-0.4, -0.2) is 9.97 Å². The number of imidazole rings is 1. The van der Waals surface area contributed by atoms with Crippen molar-refractivity contribution in [3.8, 4) is 0 Å². The highest BCUT2D eigenvalue weighted by Gasteiger charge is 2.36. The van der Waals surface area contributed by atoms with E-state index in [9.17, 15) is 0 Å². The normalized spacial score (nSPS) is 13.4. The average Bonchev–Trinajstić information content (AvgIpc) is 3.07. The first-order chi connectivity index (χ1) is 12.5. The molecule has 0 aliphatic heterocycles. The van der Waals surface area contributed by atoms with Crippen molar-refractivity contribution in [3.63, 3.8) is 0 Å². The predicted molar refractivity (Wildman–Crippen MR) is 121 cm³/mol. The number of aromatic amines is 1. The van der Waals surface area contributed by atoms with Crippen LogP contribution in [0.1, 0.15) is 144 Å². The van der Waals surface area contributed by atoms with E-state index in [4.69, 9.17) is 4.98 Å². The summed E-state index contributed by atoms with van der Waals surface area (Å²) in [5.74, 6) is 1.21. The monoisotopic (exact) mass is 376 g/mol. The molecule has 1 N–H and O–H groups in total. The van der Waals surface area contributed by atoms with Crippen LogP contribution in [0.2, 0.25) is 0 Å². The highest BCUT2D eigenvalue weighted by molar-refractivity contribution is 5.31. The van der Waals surface area contributed by atoms with Gasteiger partial charge in [-0.1, -0.05) is 107 Å². The van der Waals surface area contributed by atoms with Gasteiger partial charge in [0.25, 0.3) is 0 Å². The molecule has 0 spiro atoms. The smallest absolute Gasteiger partial charge is 0.112 e. The summed E-state index contributed by atoms with van der Waals surface area (Å²) in [7, 11) is 0. The predicted octanol–water partition coefficient (Wildman–Crippen LogP) is 8.20. The first-order valence-corrected chi connectivity index (χ1v) is 11.6. The zero-order chi connectivity index (χ0) is 20.7. The maximum Gasteiger partial charge on any atom is 0.112 e. The third-order valence-electron chi connectivity index (χ3n) is 6.38. The third-order valence-corrected chi connectivity index (χ3v) is 6.38. The molecule has 158 valence electrons. The molecule has 0 bridgehead atoms. The van der Waals surface area contributed by atoms with Gasteiger partial charge < -0.3 is 4.98 Å². The molecule has 0 radical (unpaired) electrons. The topological polar surface area (TPSA) is 28.7 Å². The summed E-state index contributed by atoms with van der Waals surface area (Å²) in [4.78, 5) is 9.17. The molecule has 0 amide bonds. The lowest BCUT2D eigenvalue weighted by atomic mass is 9.75. The minimum atomic E-state index is 0.115. The van der Waals surface area contributed by atoms with Crippen LogP contribution in [-0.2, 0) is 16.2 Å². The Hall–Kier alpha value is -0.790. The Morgan fingerprint density at radius 1 is 0.630 bits per heavy atom. The number of H-pyrrole nitrogens is 1. The molecule has 1 aromatic heterocycles. The lowest BCUT2D eigenvalue weighted by Gasteiger charge is -2.30. The summed E-state index contributed by atoms with van der Waals surface area (Å²) < 4.78 is 0. The van der Waals surface area contributed by atoms with Gasteiger partial charge in [0.2, 0.25) is 0 Å². The van der Waals surface area contributed by atoms with E-state index in [1.54, 1.807) is 0 Å². The van der Waals surface area contributed by atoms with E-state index in [1.807, 2.05) is 0 Å². The van der Waals surface area contributed by atoms with Gasteiger partial charge in [0.15, 0.2) is 0 Å². The molecule has 0 aromatic carbocycles. The van der Waals surface area contributed by atoms with E-state index in [2.05, 4.69) is 67.3 Å². The van der Waals surface area contributed by atoms with Gasteiger partial charge in [0.05, 0.1) is 5.69 Å². The van der Waals surface area contributed by atoms with Crippen LogP contribution in [0, 0.1) is 0 Å². The second-order valence-electron chi connectivity index (χ2n) is 10.6. The zero-order valence-corrected chi connectivity index (χ0v) is 20.0. The van der Waals surface area contributed by atoms with Crippen molar-refractivity contribution in [2.24, 2.45) is 0 Å². The molecular formula is C25H48N2. The molecule has 0 fully saturated rings. The fourth-order valence-corrected chi connectivity index (χ4v) is 4.09. The van der Waals surface area contributed by atoms with E-state index in [-0.39, 0.29) is 16.2 Å². The zero-order valence-electron chi connectivity index (χ0n) is 20.0. The Morgan fingerprint density at radius 2 is 1.11 bits per heavy atom. The first kappa shape index (κ1) is 24.2. The van der Waals surface area contributed by atoms with Crippen molar-refractivity contribution in [2.45, 2.75) is 143 Å². The lowest BCUT2D eigenvalue weighted by molar-refractivity contribution is 0.404. The largest absolute Gasteiger partial charge is 0.345 e. The molecule has 0 atom stereocenters. The van der Waals surface area contributed by atoms with Gasteiger partial charge in [-0.2, -0.15) is 0 Å². The van der Waals surface area contributed by atoms with E-state index in [0.29, 0.717) is 0 Å². The number of hydrogen-bond donors (Lipinski definition) is 1. The molecular weight excluding hydrogens is 328 g/mol. The molecule has 0 saturated carbocycles. The number of nitrogens with zero attached hydrogens (tertiary/aromatic N) is 1. The second-order valence-corrected chi connectivity index (χ2v) is 10.6. The van der Waals surface area contributed by atoms with Crippen LogP contribution in [0.5, 0.6) is 0 Å². The highest BCUT2D eigenvalue weighted by Crippen LogP contribution is 2.40. The van der Waals surface area contributed by atoms with Crippen LogP contribution < -0.4 is 0 Å². The van der Waals surface area contributed by atoms with Gasteiger partial charge in [-0.05, 0) is 19.3 Å². The summed E-state index contributed by atoms with van der Waals surface area (Å²) in [6, 6.07) is 0. The van der Waals surface area contributed by atoms with E-state index in [0.717, 1.165) is 0 Å². The summed E-state index contributed by atoms with van der Waals surface area (Å²) in [5, 5.41) is 0. The van der Waals surface area contributed by atoms with Crippen LogP contribution in [0.3, 0.4) is 0 Å². The number of rotatable bonds is 13. The molecule has 0 aliphatic carbocycles. The van der Waals surface area contributed by atoms with Gasteiger partial charge in [-0.3, -0.25) is 0 Å². The van der Waals surface area contributed by atoms with Crippen molar-refractivity contribution in [3.05, 3.63) is 17.2 Å². The molecule has 0 unspecified atom stereocenters. The Morgan fingerprint density at radius 3 is 1.63 bits per heavy atom. The molecule has 0 aliphatic rings. The number of hydrogen-bond acceptors (Lipinski definition) is 1. The van der Waals surface area contributed by atoms with Crippen molar-refractivity contribution < 1.29 is 0 Å². The third kappa shape index (κ3) is 6.64. The van der Waals surface area contributed by atoms with Gasteiger partial charge in [-0.15, -0.1) is 0 Å². The Labute approximate surface area is 170 Å². The van der Waals surface area contributed by atoms with Gasteiger partial charge in [-0.25, -0.2) is 4.98 Å². The minimum absolute atomic E-state index is 0.115. The first-order valence-electron chi connectivity index (χ1n) is 11.6. The van der Waals surface area contributed by atoms with Crippen LogP contribution >= 0.6 is 0 Å². The Bertz CT molecular complexity index is 511. The van der Waals surface area contributed by atoms with E-state index < -0.39 is 0 Å². The highest BCUT2D eigenvalue weighted by atomic mass is 15.0. The van der Waals surface area contributed by atoms with Crippen molar-refractivity contribution in [1.29, 1.82) is 0 Å². The quantitative estimate of drug-likeness (QED) is 0.345. The maximum atomic E-state index is 5.30. The summed E-state index contributed by atoms with van der Waals surface area (Å²) in [6.07, 6.45) is 12.6. The molecule has 2 heteroatoms. The van der Waals surface area contributed by atoms with Gasteiger partial charge >= 0.3 is 0 Å². The Kier molecular flexibility index (Phi) is 9.09. The van der Waals surface area contributed by atoms with Gasteiger partial charge in [0, 0.05) is 21.9 Å². The van der Waals surface area contributed by atoms with Crippen LogP contribution in [0.15, 0.2) is 0 Å². The average molecular weight is 377 g/mol. The lowest BCUT2D eigenvalue weighted by Crippen LogP contribution is -2.26. The summed E-state index contributed by atoms with van der Waals surface area (Å²) in [5.41, 5.74) is 3.12. The molecule has 0 saturated heterocycles. The summed E-state index contributed by atoms with van der Waals surface area (Å²) >= 11 is 0. The minimum Gasteiger partial charge on any atom is -0.345 e. The fraction of sp³-hybridized carbons (Fsp3) is 0.880. The maximum absolute atomic E-state index is 5.30. The Balaban J connectivity index is 3.31. The standard InChI is InChI=1S/C25H48N2/c1-10-13-16-19-25(8,9)22-26-20(23(4,5)17-14-11-2)21(27-22)24(6,7)18-15-12-3/h10-19H2,1-9H3,(H,26,27). The van der Waals surface area contributed by atoms with Crippen LogP contribution in [0.25, 0.3) is 0 Å². The summed E-state index contributed by atoms with van der Waals surface area (Å²) in [6.45, 7) is 21.2. The van der Waals surface area contributed by atoms with E-state index >= 15 is 0 Å². The van der Waals surface area contributed by atoms with Gasteiger partial charge in [0.1, 0.15) is 5.82 Å². The SMILES string of the molecule is CCCCCC(C)(C)c1nc(C(C)(C)CCCC)c(C(C)(C)CCCC)[nH]1. The molecule has 2 nitrogen and oxygen atoms in total. The number of unbranched alkanes of at least 4 members (excludes halogenated alkanes) is 4. The number of aromatic nitrogens is 2. The molecule has 1 heterocycles. The fourth-order valence-electron chi connectivity index (χ4n) is 4.09. The van der Waals surface area contributed by atoms with Crippen molar-refractivity contribution >= 4 is 0 Å². The van der Waals surface area contributed by atoms with Crippen molar-refractivity contribution in [1.82, 2.24) is 9.97 Å². The number of nitrogens with one attached hydrogen (secondary N) is 1. The molecule has 1 rings (SSSR count). The van der Waals surface area contributed by atoms with E-state index in [1.165, 1.54) is 81.4 Å². The molecule has 1 aromatic rings. The van der Waals surface area contributed by atoms with Crippen LogP contribution in [0.4, 0.5) is 0 Å². The second kappa shape index (κ2) is 10.1. The molecule has 27 heavy (non-hydrogen) atoms. The van der Waals surface area contributed by atoms with Crippen molar-refractivity contribution in [2.75, 3.05) is 0 Å².